The molecule has 1 aliphatic carbocycles. The number of phenols is 1. The third kappa shape index (κ3) is 1.97. The molecule has 2 rings (SSSR count). The van der Waals surface area contributed by atoms with Crippen molar-refractivity contribution in [3.63, 3.8) is 0 Å². The Morgan fingerprint density at radius 2 is 2.00 bits per heavy atom. The molecule has 0 atom stereocenters. The van der Waals surface area contributed by atoms with Gasteiger partial charge >= 0.3 is 5.97 Å². The number of rotatable bonds is 3. The van der Waals surface area contributed by atoms with Crippen LogP contribution in [-0.2, 0) is 16.6 Å². The minimum Gasteiger partial charge on any atom is -0.506 e. The first-order chi connectivity index (χ1) is 8.51. The summed E-state index contributed by atoms with van der Waals surface area (Å²) in [7, 11) is 0. The molecule has 0 unspecified atom stereocenters. The van der Waals surface area contributed by atoms with E-state index in [9.17, 15) is 15.0 Å². The van der Waals surface area contributed by atoms with Crippen LogP contribution >= 0.6 is 11.6 Å². The number of carboxylic acid groups (broad SMARTS) is 1. The Morgan fingerprint density at radius 1 is 1.39 bits per heavy atom. The second-order valence-corrected chi connectivity index (χ2v) is 5.33. The van der Waals surface area contributed by atoms with Crippen molar-refractivity contribution in [1.82, 2.24) is 0 Å². The van der Waals surface area contributed by atoms with Crippen LogP contribution in [0.2, 0.25) is 5.02 Å². The minimum atomic E-state index is -0.959. The second kappa shape index (κ2) is 4.81. The number of aromatic hydroxyl groups is 1. The van der Waals surface area contributed by atoms with Crippen LogP contribution in [-0.4, -0.2) is 16.2 Å². The van der Waals surface area contributed by atoms with Crippen LogP contribution in [0, 0.1) is 0 Å². The van der Waals surface area contributed by atoms with Crippen LogP contribution in [0.1, 0.15) is 43.7 Å². The standard InChI is InChI=1S/C14H17ClO3/c1-2-9-7-10(12(16)11(15)8-9)14(13(17)18)5-3-4-6-14/h7-8,16H,2-6H2,1H3,(H,17,18). The van der Waals surface area contributed by atoms with Crippen molar-refractivity contribution < 1.29 is 15.0 Å². The van der Waals surface area contributed by atoms with Gasteiger partial charge in [-0.15, -0.1) is 0 Å². The molecule has 0 saturated heterocycles. The van der Waals surface area contributed by atoms with E-state index in [0.29, 0.717) is 18.4 Å². The average molecular weight is 269 g/mol. The molecule has 1 aromatic carbocycles. The van der Waals surface area contributed by atoms with Crippen LogP contribution in [0.4, 0.5) is 0 Å². The SMILES string of the molecule is CCc1cc(Cl)c(O)c(C2(C(=O)O)CCCC2)c1. The van der Waals surface area contributed by atoms with Gasteiger partial charge in [-0.1, -0.05) is 37.4 Å². The summed E-state index contributed by atoms with van der Waals surface area (Å²) in [5.74, 6) is -0.933. The lowest BCUT2D eigenvalue weighted by atomic mass is 9.77. The first kappa shape index (κ1) is 13.2. The largest absolute Gasteiger partial charge is 0.506 e. The van der Waals surface area contributed by atoms with Crippen molar-refractivity contribution in [2.75, 3.05) is 0 Å². The fourth-order valence-corrected chi connectivity index (χ4v) is 3.04. The summed E-state index contributed by atoms with van der Waals surface area (Å²) in [6.45, 7) is 1.98. The van der Waals surface area contributed by atoms with Crippen LogP contribution in [0.3, 0.4) is 0 Å². The highest BCUT2D eigenvalue weighted by Crippen LogP contribution is 2.47. The lowest BCUT2D eigenvalue weighted by Crippen LogP contribution is -2.32. The lowest BCUT2D eigenvalue weighted by Gasteiger charge is -2.26. The molecular weight excluding hydrogens is 252 g/mol. The second-order valence-electron chi connectivity index (χ2n) is 4.92. The number of aliphatic carboxylic acids is 1. The van der Waals surface area contributed by atoms with Crippen molar-refractivity contribution in [3.8, 4) is 5.75 Å². The first-order valence-electron chi connectivity index (χ1n) is 6.26. The van der Waals surface area contributed by atoms with E-state index >= 15 is 0 Å². The Bertz CT molecular complexity index is 476. The molecule has 0 bridgehead atoms. The van der Waals surface area contributed by atoms with Gasteiger partial charge in [0.2, 0.25) is 0 Å². The Morgan fingerprint density at radius 3 is 2.50 bits per heavy atom. The normalized spacial score (nSPS) is 17.9. The van der Waals surface area contributed by atoms with E-state index in [1.807, 2.05) is 6.92 Å². The molecule has 0 radical (unpaired) electrons. The lowest BCUT2D eigenvalue weighted by molar-refractivity contribution is -0.143. The Labute approximate surface area is 111 Å². The molecule has 1 aromatic rings. The van der Waals surface area contributed by atoms with Gasteiger partial charge in [-0.05, 0) is 30.9 Å². The van der Waals surface area contributed by atoms with Gasteiger partial charge in [0.15, 0.2) is 0 Å². The van der Waals surface area contributed by atoms with Crippen molar-refractivity contribution in [2.45, 2.75) is 44.4 Å². The first-order valence-corrected chi connectivity index (χ1v) is 6.64. The van der Waals surface area contributed by atoms with Gasteiger partial charge in [0.1, 0.15) is 5.75 Å². The predicted octanol–water partition coefficient (Wildman–Crippen LogP) is 3.50. The topological polar surface area (TPSA) is 57.5 Å². The van der Waals surface area contributed by atoms with Crippen LogP contribution in [0.5, 0.6) is 5.75 Å². The van der Waals surface area contributed by atoms with Crippen LogP contribution in [0.15, 0.2) is 12.1 Å². The van der Waals surface area contributed by atoms with E-state index in [1.165, 1.54) is 0 Å². The molecule has 0 aliphatic heterocycles. The molecular formula is C14H17ClO3. The zero-order valence-corrected chi connectivity index (χ0v) is 11.1. The summed E-state index contributed by atoms with van der Waals surface area (Å²) >= 11 is 6.00. The number of halogens is 1. The Kier molecular flexibility index (Phi) is 3.53. The number of phenolic OH excluding ortho intramolecular Hbond substituents is 1. The van der Waals surface area contributed by atoms with Crippen molar-refractivity contribution >= 4 is 17.6 Å². The summed E-state index contributed by atoms with van der Waals surface area (Å²) in [5, 5.41) is 19.9. The van der Waals surface area contributed by atoms with Crippen LogP contribution < -0.4 is 0 Å². The zero-order valence-electron chi connectivity index (χ0n) is 10.4. The molecule has 18 heavy (non-hydrogen) atoms. The number of benzene rings is 1. The molecule has 0 aromatic heterocycles. The van der Waals surface area contributed by atoms with Gasteiger partial charge in [-0.3, -0.25) is 4.79 Å². The highest BCUT2D eigenvalue weighted by molar-refractivity contribution is 6.32. The van der Waals surface area contributed by atoms with Gasteiger partial charge < -0.3 is 10.2 Å². The summed E-state index contributed by atoms with van der Waals surface area (Å²) in [5.41, 5.74) is 0.482. The van der Waals surface area contributed by atoms with Gasteiger partial charge in [0.25, 0.3) is 0 Å². The predicted molar refractivity (Wildman–Crippen MR) is 70.3 cm³/mol. The van der Waals surface area contributed by atoms with E-state index < -0.39 is 11.4 Å². The van der Waals surface area contributed by atoms with E-state index in [2.05, 4.69) is 0 Å². The van der Waals surface area contributed by atoms with E-state index in [4.69, 9.17) is 11.6 Å². The van der Waals surface area contributed by atoms with Crippen LogP contribution in [0.25, 0.3) is 0 Å². The molecule has 1 saturated carbocycles. The van der Waals surface area contributed by atoms with Gasteiger partial charge in [-0.2, -0.15) is 0 Å². The summed E-state index contributed by atoms with van der Waals surface area (Å²) < 4.78 is 0. The molecule has 0 spiro atoms. The number of aryl methyl sites for hydroxylation is 1. The summed E-state index contributed by atoms with van der Waals surface area (Å²) in [6.07, 6.45) is 3.65. The van der Waals surface area contributed by atoms with Gasteiger partial charge in [0.05, 0.1) is 10.4 Å². The van der Waals surface area contributed by atoms with Crippen molar-refractivity contribution in [3.05, 3.63) is 28.3 Å². The van der Waals surface area contributed by atoms with Gasteiger partial charge in [-0.25, -0.2) is 0 Å². The zero-order chi connectivity index (χ0) is 13.3. The molecule has 2 N–H and O–H groups in total. The number of hydrogen-bond donors (Lipinski definition) is 2. The van der Waals surface area contributed by atoms with Crippen molar-refractivity contribution in [1.29, 1.82) is 0 Å². The highest BCUT2D eigenvalue weighted by atomic mass is 35.5. The molecule has 3 nitrogen and oxygen atoms in total. The molecule has 0 heterocycles. The van der Waals surface area contributed by atoms with Gasteiger partial charge in [0, 0.05) is 5.56 Å². The maximum Gasteiger partial charge on any atom is 0.314 e. The van der Waals surface area contributed by atoms with Crippen molar-refractivity contribution in [2.24, 2.45) is 0 Å². The van der Waals surface area contributed by atoms with E-state index in [0.717, 1.165) is 24.8 Å². The number of carboxylic acids is 1. The molecule has 0 amide bonds. The third-order valence-electron chi connectivity index (χ3n) is 3.91. The third-order valence-corrected chi connectivity index (χ3v) is 4.20. The molecule has 4 heteroatoms. The minimum absolute atomic E-state index is 0.0711. The maximum absolute atomic E-state index is 11.6. The Balaban J connectivity index is 2.61. The molecule has 1 fully saturated rings. The Hall–Kier alpha value is -1.22. The summed E-state index contributed by atoms with van der Waals surface area (Å²) in [4.78, 5) is 11.6. The number of carbonyl (C=O) groups is 1. The fourth-order valence-electron chi connectivity index (χ4n) is 2.80. The van der Waals surface area contributed by atoms with E-state index in [-0.39, 0.29) is 10.8 Å². The average Bonchev–Trinajstić information content (AvgIpc) is 2.82. The molecule has 98 valence electrons. The smallest absolute Gasteiger partial charge is 0.314 e. The molecule has 1 aliphatic rings. The summed E-state index contributed by atoms with van der Waals surface area (Å²) in [6, 6.07) is 3.49. The highest BCUT2D eigenvalue weighted by Gasteiger charge is 2.45. The maximum atomic E-state index is 11.6. The van der Waals surface area contributed by atoms with E-state index in [1.54, 1.807) is 12.1 Å². The quantitative estimate of drug-likeness (QED) is 0.882. The monoisotopic (exact) mass is 268 g/mol. The number of hydrogen-bond acceptors (Lipinski definition) is 2. The fraction of sp³-hybridized carbons (Fsp3) is 0.500.